The van der Waals surface area contributed by atoms with Crippen molar-refractivity contribution in [1.29, 1.82) is 5.26 Å². The fraction of sp³-hybridized carbons (Fsp3) is 0.154. The topological polar surface area (TPSA) is 88.0 Å². The number of carbonyl (C=O) groups is 1. The highest BCUT2D eigenvalue weighted by Gasteiger charge is 2.19. The van der Waals surface area contributed by atoms with Gasteiger partial charge in [0.05, 0.1) is 17.3 Å². The van der Waals surface area contributed by atoms with Gasteiger partial charge in [-0.15, -0.1) is 0 Å². The number of aromatic nitrogens is 1. The van der Waals surface area contributed by atoms with Crippen molar-refractivity contribution in [3.05, 3.63) is 51.5 Å². The normalized spacial score (nSPS) is 9.95. The second-order valence-electron chi connectivity index (χ2n) is 3.98. The van der Waals surface area contributed by atoms with Crippen LogP contribution in [0.4, 0.5) is 5.69 Å². The van der Waals surface area contributed by atoms with Gasteiger partial charge >= 0.3 is 5.63 Å². The minimum absolute atomic E-state index is 0.0372. The van der Waals surface area contributed by atoms with Crippen molar-refractivity contribution >= 4 is 11.6 Å². The molecule has 0 spiro atoms. The van der Waals surface area contributed by atoms with Gasteiger partial charge in [0.2, 0.25) is 0 Å². The fourth-order valence-corrected chi connectivity index (χ4v) is 1.66. The lowest BCUT2D eigenvalue weighted by atomic mass is 10.2. The number of nitrogens with zero attached hydrogens (tertiary/aromatic N) is 2. The lowest BCUT2D eigenvalue weighted by Crippen LogP contribution is -2.19. The Hall–Kier alpha value is -2.81. The summed E-state index contributed by atoms with van der Waals surface area (Å²) in [6.07, 6.45) is 0. The molecule has 0 unspecified atom stereocenters. The zero-order chi connectivity index (χ0) is 14.0. The Morgan fingerprint density at radius 3 is 2.79 bits per heavy atom. The lowest BCUT2D eigenvalue weighted by Gasteiger charge is -2.03. The van der Waals surface area contributed by atoms with Gasteiger partial charge in [0, 0.05) is 12.7 Å². The molecule has 96 valence electrons. The summed E-state index contributed by atoms with van der Waals surface area (Å²) in [6, 6.07) is 8.40. The summed E-state index contributed by atoms with van der Waals surface area (Å²) < 4.78 is 6.04. The summed E-state index contributed by atoms with van der Waals surface area (Å²) in [5, 5.41) is 11.3. The maximum Gasteiger partial charge on any atom is 0.370 e. The highest BCUT2D eigenvalue weighted by Crippen LogP contribution is 2.12. The number of nitrogens with one attached hydrogen (secondary N) is 1. The Balaban J connectivity index is 2.31. The number of nitriles is 1. The smallest absolute Gasteiger partial charge is 0.336 e. The number of hydrogen-bond donors (Lipinski definition) is 1. The molecular weight excluding hydrogens is 246 g/mol. The molecule has 0 fully saturated rings. The number of carbonyl (C=O) groups excluding carboxylic acids is 1. The van der Waals surface area contributed by atoms with E-state index >= 15 is 0 Å². The predicted octanol–water partition coefficient (Wildman–Crippen LogP) is 1.41. The van der Waals surface area contributed by atoms with Gasteiger partial charge in [-0.2, -0.15) is 5.26 Å². The number of benzene rings is 1. The second-order valence-corrected chi connectivity index (χ2v) is 3.98. The van der Waals surface area contributed by atoms with E-state index in [1.807, 2.05) is 6.07 Å². The van der Waals surface area contributed by atoms with E-state index in [0.29, 0.717) is 16.9 Å². The van der Waals surface area contributed by atoms with Crippen LogP contribution in [0, 0.1) is 18.3 Å². The average Bonchev–Trinajstić information content (AvgIpc) is 2.63. The van der Waals surface area contributed by atoms with Gasteiger partial charge in [0.25, 0.3) is 5.91 Å². The van der Waals surface area contributed by atoms with E-state index in [-0.39, 0.29) is 5.56 Å². The van der Waals surface area contributed by atoms with Crippen molar-refractivity contribution in [2.75, 3.05) is 5.32 Å². The van der Waals surface area contributed by atoms with Crippen LogP contribution in [0.25, 0.3) is 0 Å². The number of aryl methyl sites for hydroxylation is 1. The SMILES string of the molecule is Cc1c(C(=O)Nc2cccc(C#N)c2)c(=O)on1C. The Morgan fingerprint density at radius 2 is 2.21 bits per heavy atom. The van der Waals surface area contributed by atoms with Crippen molar-refractivity contribution in [3.8, 4) is 6.07 Å². The molecule has 6 heteroatoms. The first-order valence-electron chi connectivity index (χ1n) is 5.51. The van der Waals surface area contributed by atoms with Crippen molar-refractivity contribution in [3.63, 3.8) is 0 Å². The molecule has 1 amide bonds. The van der Waals surface area contributed by atoms with Crippen molar-refractivity contribution in [2.24, 2.45) is 7.05 Å². The Labute approximate surface area is 108 Å². The van der Waals surface area contributed by atoms with Crippen molar-refractivity contribution in [1.82, 2.24) is 4.74 Å². The van der Waals surface area contributed by atoms with Crippen LogP contribution in [-0.2, 0) is 7.05 Å². The van der Waals surface area contributed by atoms with Gasteiger partial charge in [0.15, 0.2) is 0 Å². The van der Waals surface area contributed by atoms with Gasteiger partial charge in [-0.05, 0) is 25.1 Å². The first-order valence-corrected chi connectivity index (χ1v) is 5.51. The quantitative estimate of drug-likeness (QED) is 0.881. The molecule has 0 bridgehead atoms. The number of amides is 1. The number of rotatable bonds is 2. The Morgan fingerprint density at radius 1 is 1.47 bits per heavy atom. The standard InChI is InChI=1S/C13H11N3O3/c1-8-11(13(18)19-16(8)2)12(17)15-10-5-3-4-9(6-10)7-14/h3-6H,1-2H3,(H,15,17). The molecule has 1 aromatic carbocycles. The highest BCUT2D eigenvalue weighted by molar-refractivity contribution is 6.04. The minimum atomic E-state index is -0.686. The van der Waals surface area contributed by atoms with E-state index in [4.69, 9.17) is 9.78 Å². The minimum Gasteiger partial charge on any atom is -0.336 e. The zero-order valence-electron chi connectivity index (χ0n) is 10.4. The van der Waals surface area contributed by atoms with Crippen LogP contribution in [-0.4, -0.2) is 10.6 Å². The van der Waals surface area contributed by atoms with Crippen LogP contribution < -0.4 is 10.9 Å². The third-order valence-corrected chi connectivity index (χ3v) is 2.73. The summed E-state index contributed by atoms with van der Waals surface area (Å²) in [5.41, 5.74) is 0.596. The molecule has 2 rings (SSSR count). The molecule has 0 aliphatic heterocycles. The molecule has 1 N–H and O–H groups in total. The van der Waals surface area contributed by atoms with E-state index < -0.39 is 11.5 Å². The Bertz CT molecular complexity index is 734. The van der Waals surface area contributed by atoms with E-state index in [1.165, 1.54) is 10.8 Å². The Kier molecular flexibility index (Phi) is 3.21. The van der Waals surface area contributed by atoms with Crippen molar-refractivity contribution < 1.29 is 9.32 Å². The van der Waals surface area contributed by atoms with Gasteiger partial charge in [-0.3, -0.25) is 4.79 Å². The molecule has 19 heavy (non-hydrogen) atoms. The van der Waals surface area contributed by atoms with Crippen LogP contribution in [0.1, 0.15) is 21.6 Å². The third kappa shape index (κ3) is 2.40. The van der Waals surface area contributed by atoms with Gasteiger partial charge < -0.3 is 9.84 Å². The lowest BCUT2D eigenvalue weighted by molar-refractivity contribution is 0.102. The van der Waals surface area contributed by atoms with E-state index in [9.17, 15) is 9.59 Å². The molecule has 0 aliphatic carbocycles. The van der Waals surface area contributed by atoms with Crippen LogP contribution in [0.15, 0.2) is 33.6 Å². The number of hydrogen-bond acceptors (Lipinski definition) is 4. The molecule has 6 nitrogen and oxygen atoms in total. The average molecular weight is 257 g/mol. The van der Waals surface area contributed by atoms with Crippen LogP contribution in [0.2, 0.25) is 0 Å². The summed E-state index contributed by atoms with van der Waals surface area (Å²) >= 11 is 0. The summed E-state index contributed by atoms with van der Waals surface area (Å²) in [5.74, 6) is -0.554. The van der Waals surface area contributed by atoms with E-state index in [1.54, 1.807) is 32.2 Å². The summed E-state index contributed by atoms with van der Waals surface area (Å²) in [6.45, 7) is 1.62. The second kappa shape index (κ2) is 4.82. The molecule has 0 atom stereocenters. The maximum absolute atomic E-state index is 12.0. The molecule has 0 saturated carbocycles. The molecule has 0 saturated heterocycles. The number of anilines is 1. The van der Waals surface area contributed by atoms with Crippen molar-refractivity contribution in [2.45, 2.75) is 6.92 Å². The molecule has 0 radical (unpaired) electrons. The molecule has 0 aliphatic rings. The van der Waals surface area contributed by atoms with Gasteiger partial charge in [-0.25, -0.2) is 9.53 Å². The van der Waals surface area contributed by atoms with Gasteiger partial charge in [-0.1, -0.05) is 6.07 Å². The highest BCUT2D eigenvalue weighted by atomic mass is 16.5. The predicted molar refractivity (Wildman–Crippen MR) is 67.8 cm³/mol. The van der Waals surface area contributed by atoms with Crippen LogP contribution >= 0.6 is 0 Å². The molecular formula is C13H11N3O3. The monoisotopic (exact) mass is 257 g/mol. The fourth-order valence-electron chi connectivity index (χ4n) is 1.66. The third-order valence-electron chi connectivity index (χ3n) is 2.73. The van der Waals surface area contributed by atoms with Gasteiger partial charge in [0.1, 0.15) is 5.56 Å². The summed E-state index contributed by atoms with van der Waals surface area (Å²) in [7, 11) is 1.55. The largest absolute Gasteiger partial charge is 0.370 e. The maximum atomic E-state index is 12.0. The van der Waals surface area contributed by atoms with E-state index in [0.717, 1.165) is 0 Å². The first kappa shape index (κ1) is 12.6. The van der Waals surface area contributed by atoms with Crippen LogP contribution in [0.3, 0.4) is 0 Å². The summed E-state index contributed by atoms with van der Waals surface area (Å²) in [4.78, 5) is 23.5. The van der Waals surface area contributed by atoms with E-state index in [2.05, 4.69) is 5.32 Å². The molecule has 1 aromatic heterocycles. The van der Waals surface area contributed by atoms with Crippen LogP contribution in [0.5, 0.6) is 0 Å². The first-order chi connectivity index (χ1) is 9.02. The zero-order valence-corrected chi connectivity index (χ0v) is 10.4. The molecule has 2 aromatic rings. The molecule has 1 heterocycles.